The fourth-order valence-corrected chi connectivity index (χ4v) is 2.42. The van der Waals surface area contributed by atoms with Crippen LogP contribution in [0.2, 0.25) is 0 Å². The number of piperidine rings is 1. The first-order valence-corrected chi connectivity index (χ1v) is 6.54. The Morgan fingerprint density at radius 1 is 1.19 bits per heavy atom. The Morgan fingerprint density at radius 2 is 1.81 bits per heavy atom. The Balaban J connectivity index is 1.93. The van der Waals surface area contributed by atoms with Gasteiger partial charge in [0.1, 0.15) is 11.6 Å². The summed E-state index contributed by atoms with van der Waals surface area (Å²) in [5, 5.41) is 0. The molecular weight excluding hydrogens is 293 g/mol. The lowest BCUT2D eigenvalue weighted by atomic mass is 9.96. The summed E-state index contributed by atoms with van der Waals surface area (Å²) >= 11 is 0. The third-order valence-corrected chi connectivity index (χ3v) is 3.65. The van der Waals surface area contributed by atoms with Crippen LogP contribution in [-0.2, 0) is 0 Å². The molecule has 1 aliphatic heterocycles. The molecule has 0 radical (unpaired) electrons. The third-order valence-electron chi connectivity index (χ3n) is 3.65. The first kappa shape index (κ1) is 15.9. The van der Waals surface area contributed by atoms with Crippen molar-refractivity contribution < 1.29 is 26.7 Å². The minimum absolute atomic E-state index is 0.0668. The van der Waals surface area contributed by atoms with E-state index in [-0.39, 0.29) is 38.0 Å². The van der Waals surface area contributed by atoms with Crippen molar-refractivity contribution in [3.05, 3.63) is 35.4 Å². The molecule has 2 nitrogen and oxygen atoms in total. The zero-order chi connectivity index (χ0) is 15.6. The highest BCUT2D eigenvalue weighted by atomic mass is 19.4. The molecule has 1 fully saturated rings. The summed E-state index contributed by atoms with van der Waals surface area (Å²) < 4.78 is 63.7. The van der Waals surface area contributed by atoms with Gasteiger partial charge in [0.05, 0.1) is 18.0 Å². The van der Waals surface area contributed by atoms with Crippen LogP contribution >= 0.6 is 0 Å². The van der Waals surface area contributed by atoms with Gasteiger partial charge in [-0.1, -0.05) is 0 Å². The van der Waals surface area contributed by atoms with Gasteiger partial charge in [0.25, 0.3) is 0 Å². The average Bonchev–Trinajstić information content (AvgIpc) is 2.38. The number of ketones is 1. The Morgan fingerprint density at radius 3 is 2.33 bits per heavy atom. The molecule has 0 amide bonds. The molecule has 21 heavy (non-hydrogen) atoms. The van der Waals surface area contributed by atoms with Gasteiger partial charge in [-0.3, -0.25) is 9.69 Å². The van der Waals surface area contributed by atoms with E-state index in [2.05, 4.69) is 0 Å². The van der Waals surface area contributed by atoms with Crippen molar-refractivity contribution in [2.75, 3.05) is 19.6 Å². The standard InChI is InChI=1S/C14H14F5NO/c15-10-1-2-11(12(16)7-10)13(21)8-20-5-3-9(4-6-20)14(17,18)19/h1-2,7,9H,3-6,8H2. The second kappa shape index (κ2) is 6.09. The van der Waals surface area contributed by atoms with Crippen LogP contribution in [0.15, 0.2) is 18.2 Å². The minimum Gasteiger partial charge on any atom is -0.296 e. The second-order valence-corrected chi connectivity index (χ2v) is 5.14. The quantitative estimate of drug-likeness (QED) is 0.630. The number of Topliss-reactive ketones (excluding diaryl/α,β-unsaturated/α-hetero) is 1. The number of halogens is 5. The van der Waals surface area contributed by atoms with Gasteiger partial charge in [-0.05, 0) is 38.1 Å². The van der Waals surface area contributed by atoms with Gasteiger partial charge in [-0.2, -0.15) is 13.2 Å². The molecule has 1 aliphatic rings. The van der Waals surface area contributed by atoms with Gasteiger partial charge in [0.15, 0.2) is 5.78 Å². The normalized spacial score (nSPS) is 18.0. The van der Waals surface area contributed by atoms with E-state index in [0.717, 1.165) is 12.1 Å². The zero-order valence-corrected chi connectivity index (χ0v) is 11.1. The topological polar surface area (TPSA) is 20.3 Å². The summed E-state index contributed by atoms with van der Waals surface area (Å²) in [7, 11) is 0. The van der Waals surface area contributed by atoms with Crippen LogP contribution in [0, 0.1) is 17.6 Å². The van der Waals surface area contributed by atoms with Crippen LogP contribution in [0.1, 0.15) is 23.2 Å². The van der Waals surface area contributed by atoms with Gasteiger partial charge in [-0.15, -0.1) is 0 Å². The molecule has 0 aromatic heterocycles. The number of benzene rings is 1. The summed E-state index contributed by atoms with van der Waals surface area (Å²) in [5.41, 5.74) is -0.241. The van der Waals surface area contributed by atoms with Crippen LogP contribution in [0.5, 0.6) is 0 Å². The maximum Gasteiger partial charge on any atom is 0.391 e. The smallest absolute Gasteiger partial charge is 0.296 e. The largest absolute Gasteiger partial charge is 0.391 e. The fraction of sp³-hybridized carbons (Fsp3) is 0.500. The maximum atomic E-state index is 13.4. The predicted molar refractivity (Wildman–Crippen MR) is 65.9 cm³/mol. The Bertz CT molecular complexity index is 521. The molecule has 1 aromatic rings. The van der Waals surface area contributed by atoms with E-state index in [1.54, 1.807) is 4.90 Å². The lowest BCUT2D eigenvalue weighted by Gasteiger charge is -2.32. The lowest BCUT2D eigenvalue weighted by molar-refractivity contribution is -0.184. The molecule has 1 saturated heterocycles. The molecule has 1 aromatic carbocycles. The Labute approximate surface area is 118 Å². The molecule has 0 bridgehead atoms. The highest BCUT2D eigenvalue weighted by Gasteiger charge is 2.41. The summed E-state index contributed by atoms with van der Waals surface area (Å²) in [6.45, 7) is 0.116. The van der Waals surface area contributed by atoms with Crippen molar-refractivity contribution in [2.24, 2.45) is 5.92 Å². The number of hydrogen-bond acceptors (Lipinski definition) is 2. The van der Waals surface area contributed by atoms with Crippen LogP contribution in [0.4, 0.5) is 22.0 Å². The van der Waals surface area contributed by atoms with Crippen LogP contribution in [0.25, 0.3) is 0 Å². The van der Waals surface area contributed by atoms with E-state index in [9.17, 15) is 26.7 Å². The molecule has 1 heterocycles. The monoisotopic (exact) mass is 307 g/mol. The van der Waals surface area contributed by atoms with Crippen molar-refractivity contribution in [3.63, 3.8) is 0 Å². The molecule has 0 aliphatic carbocycles. The SMILES string of the molecule is O=C(CN1CCC(C(F)(F)F)CC1)c1ccc(F)cc1F. The number of rotatable bonds is 3. The van der Waals surface area contributed by atoms with Crippen LogP contribution in [-0.4, -0.2) is 36.5 Å². The predicted octanol–water partition coefficient (Wildman–Crippen LogP) is 3.42. The Hall–Kier alpha value is -1.50. The van der Waals surface area contributed by atoms with E-state index in [1.807, 2.05) is 0 Å². The summed E-state index contributed by atoms with van der Waals surface area (Å²) in [4.78, 5) is 13.5. The van der Waals surface area contributed by atoms with E-state index in [1.165, 1.54) is 0 Å². The molecule has 0 saturated carbocycles. The van der Waals surface area contributed by atoms with E-state index in [0.29, 0.717) is 6.07 Å². The van der Waals surface area contributed by atoms with Crippen molar-refractivity contribution in [1.29, 1.82) is 0 Å². The molecule has 0 atom stereocenters. The highest BCUT2D eigenvalue weighted by molar-refractivity contribution is 5.97. The van der Waals surface area contributed by atoms with Crippen molar-refractivity contribution in [3.8, 4) is 0 Å². The first-order valence-electron chi connectivity index (χ1n) is 6.54. The maximum absolute atomic E-state index is 13.4. The van der Waals surface area contributed by atoms with Crippen molar-refractivity contribution >= 4 is 5.78 Å². The molecular formula is C14H14F5NO. The average molecular weight is 307 g/mol. The van der Waals surface area contributed by atoms with Gasteiger partial charge >= 0.3 is 6.18 Å². The number of nitrogens with zero attached hydrogens (tertiary/aromatic N) is 1. The lowest BCUT2D eigenvalue weighted by Crippen LogP contribution is -2.41. The molecule has 2 rings (SSSR count). The van der Waals surface area contributed by atoms with Gasteiger partial charge in [0, 0.05) is 6.07 Å². The van der Waals surface area contributed by atoms with E-state index >= 15 is 0 Å². The third kappa shape index (κ3) is 4.00. The zero-order valence-electron chi connectivity index (χ0n) is 11.1. The van der Waals surface area contributed by atoms with Gasteiger partial charge in [-0.25, -0.2) is 8.78 Å². The summed E-state index contributed by atoms with van der Waals surface area (Å²) in [6.07, 6.45) is -4.34. The molecule has 0 N–H and O–H groups in total. The molecule has 0 spiro atoms. The van der Waals surface area contributed by atoms with E-state index in [4.69, 9.17) is 0 Å². The summed E-state index contributed by atoms with van der Waals surface area (Å²) in [5.74, 6) is -3.63. The van der Waals surface area contributed by atoms with Crippen molar-refractivity contribution in [2.45, 2.75) is 19.0 Å². The number of carbonyl (C=O) groups is 1. The summed E-state index contributed by atoms with van der Waals surface area (Å²) in [6, 6.07) is 2.64. The number of likely N-dealkylation sites (tertiary alicyclic amines) is 1. The second-order valence-electron chi connectivity index (χ2n) is 5.14. The first-order chi connectivity index (χ1) is 9.77. The number of hydrogen-bond donors (Lipinski definition) is 0. The fourth-order valence-electron chi connectivity index (χ4n) is 2.42. The van der Waals surface area contributed by atoms with Crippen molar-refractivity contribution in [1.82, 2.24) is 4.90 Å². The van der Waals surface area contributed by atoms with Crippen LogP contribution in [0.3, 0.4) is 0 Å². The van der Waals surface area contributed by atoms with E-state index < -0.39 is 29.5 Å². The van der Waals surface area contributed by atoms with Crippen LogP contribution < -0.4 is 0 Å². The van der Waals surface area contributed by atoms with Gasteiger partial charge < -0.3 is 0 Å². The van der Waals surface area contributed by atoms with Gasteiger partial charge in [0.2, 0.25) is 0 Å². The Kier molecular flexibility index (Phi) is 4.61. The number of carbonyl (C=O) groups excluding carboxylic acids is 1. The highest BCUT2D eigenvalue weighted by Crippen LogP contribution is 2.34. The number of alkyl halides is 3. The molecule has 0 unspecified atom stereocenters. The molecule has 7 heteroatoms. The molecule has 116 valence electrons. The minimum atomic E-state index is -4.21.